The van der Waals surface area contributed by atoms with Crippen LogP contribution >= 0.6 is 0 Å². The summed E-state index contributed by atoms with van der Waals surface area (Å²) in [6, 6.07) is 17.9. The Hall–Kier alpha value is -4.00. The predicted octanol–water partition coefficient (Wildman–Crippen LogP) is 3.51. The number of hydrogen-bond acceptors (Lipinski definition) is 5. The van der Waals surface area contributed by atoms with E-state index in [-0.39, 0.29) is 22.6 Å². The van der Waals surface area contributed by atoms with Crippen LogP contribution in [0.4, 0.5) is 4.39 Å². The number of hydrazone groups is 1. The van der Waals surface area contributed by atoms with Crippen molar-refractivity contribution in [1.82, 2.24) is 5.43 Å². The molecule has 0 fully saturated rings. The van der Waals surface area contributed by atoms with Crippen LogP contribution in [0.2, 0.25) is 0 Å². The SMILES string of the molecule is O=C(N/N=C\c1cccc(OC(=O)c2ccccc2F)c1)c1ccccc1O. The Balaban J connectivity index is 1.66. The normalized spacial score (nSPS) is 10.6. The van der Waals surface area contributed by atoms with Crippen LogP contribution in [-0.2, 0) is 0 Å². The van der Waals surface area contributed by atoms with Crippen molar-refractivity contribution in [3.63, 3.8) is 0 Å². The van der Waals surface area contributed by atoms with Crippen molar-refractivity contribution in [3.8, 4) is 11.5 Å². The molecule has 3 rings (SSSR count). The van der Waals surface area contributed by atoms with Crippen LogP contribution in [0.5, 0.6) is 11.5 Å². The van der Waals surface area contributed by atoms with Crippen LogP contribution in [0, 0.1) is 5.82 Å². The number of carbonyl (C=O) groups excluding carboxylic acids is 2. The third-order valence-corrected chi connectivity index (χ3v) is 3.69. The van der Waals surface area contributed by atoms with Crippen LogP contribution in [0.15, 0.2) is 77.9 Å². The minimum Gasteiger partial charge on any atom is -0.507 e. The Morgan fingerprint density at radius 3 is 2.43 bits per heavy atom. The van der Waals surface area contributed by atoms with Crippen molar-refractivity contribution in [3.05, 3.63) is 95.3 Å². The maximum Gasteiger partial charge on any atom is 0.346 e. The zero-order chi connectivity index (χ0) is 19.9. The fourth-order valence-electron chi connectivity index (χ4n) is 2.34. The minimum absolute atomic E-state index is 0.0900. The molecule has 0 atom stereocenters. The van der Waals surface area contributed by atoms with E-state index in [4.69, 9.17) is 4.74 Å². The molecule has 0 spiro atoms. The van der Waals surface area contributed by atoms with Crippen molar-refractivity contribution >= 4 is 18.1 Å². The van der Waals surface area contributed by atoms with Gasteiger partial charge in [-0.1, -0.05) is 36.4 Å². The molecule has 140 valence electrons. The number of benzene rings is 3. The standard InChI is InChI=1S/C21H15FN2O4/c22-18-10-3-1-8-16(18)21(27)28-15-7-5-6-14(12-15)13-23-24-20(26)17-9-2-4-11-19(17)25/h1-13,25H,(H,24,26)/b23-13-. The second-order valence-electron chi connectivity index (χ2n) is 5.66. The van der Waals surface area contributed by atoms with E-state index in [9.17, 15) is 19.1 Å². The second-order valence-corrected chi connectivity index (χ2v) is 5.66. The summed E-state index contributed by atoms with van der Waals surface area (Å²) in [6.45, 7) is 0. The number of phenolic OH excluding ortho intramolecular Hbond substituents is 1. The Kier molecular flexibility index (Phi) is 5.76. The molecule has 7 heteroatoms. The lowest BCUT2D eigenvalue weighted by Crippen LogP contribution is -2.17. The van der Waals surface area contributed by atoms with E-state index in [1.54, 1.807) is 24.3 Å². The first-order valence-electron chi connectivity index (χ1n) is 8.23. The number of carbonyl (C=O) groups is 2. The number of phenols is 1. The highest BCUT2D eigenvalue weighted by molar-refractivity contribution is 5.97. The van der Waals surface area contributed by atoms with Gasteiger partial charge >= 0.3 is 5.97 Å². The Labute approximate surface area is 159 Å². The number of nitrogens with one attached hydrogen (secondary N) is 1. The number of esters is 1. The zero-order valence-electron chi connectivity index (χ0n) is 14.5. The summed E-state index contributed by atoms with van der Waals surface area (Å²) in [6.07, 6.45) is 1.35. The first kappa shape index (κ1) is 18.8. The molecule has 0 saturated carbocycles. The van der Waals surface area contributed by atoms with Crippen molar-refractivity contribution < 1.29 is 23.8 Å². The third kappa shape index (κ3) is 4.59. The van der Waals surface area contributed by atoms with Gasteiger partial charge in [0.2, 0.25) is 0 Å². The maximum absolute atomic E-state index is 13.7. The molecule has 2 N–H and O–H groups in total. The second kappa shape index (κ2) is 8.59. The third-order valence-electron chi connectivity index (χ3n) is 3.69. The molecule has 0 aliphatic carbocycles. The number of rotatable bonds is 5. The highest BCUT2D eigenvalue weighted by atomic mass is 19.1. The largest absolute Gasteiger partial charge is 0.507 e. The van der Waals surface area contributed by atoms with Gasteiger partial charge < -0.3 is 9.84 Å². The molecule has 0 saturated heterocycles. The zero-order valence-corrected chi connectivity index (χ0v) is 14.5. The molecule has 0 aliphatic heterocycles. The summed E-state index contributed by atoms with van der Waals surface area (Å²) >= 11 is 0. The van der Waals surface area contributed by atoms with Crippen LogP contribution in [0.25, 0.3) is 0 Å². The predicted molar refractivity (Wildman–Crippen MR) is 101 cm³/mol. The smallest absolute Gasteiger partial charge is 0.346 e. The van der Waals surface area contributed by atoms with Crippen molar-refractivity contribution in [2.24, 2.45) is 5.10 Å². The molecule has 0 aliphatic rings. The molecule has 0 aromatic heterocycles. The minimum atomic E-state index is -0.819. The van der Waals surface area contributed by atoms with Gasteiger partial charge in [0, 0.05) is 0 Å². The van der Waals surface area contributed by atoms with Gasteiger partial charge in [0.15, 0.2) is 0 Å². The summed E-state index contributed by atoms with van der Waals surface area (Å²) in [4.78, 5) is 24.0. The monoisotopic (exact) mass is 378 g/mol. The average molecular weight is 378 g/mol. The summed E-state index contributed by atoms with van der Waals surface area (Å²) in [5.41, 5.74) is 2.75. The Morgan fingerprint density at radius 2 is 1.68 bits per heavy atom. The number of hydrogen-bond donors (Lipinski definition) is 2. The Morgan fingerprint density at radius 1 is 0.964 bits per heavy atom. The van der Waals surface area contributed by atoms with Crippen molar-refractivity contribution in [2.75, 3.05) is 0 Å². The molecular formula is C21H15FN2O4. The van der Waals surface area contributed by atoms with Crippen LogP contribution in [0.1, 0.15) is 26.3 Å². The molecular weight excluding hydrogens is 363 g/mol. The summed E-state index contributed by atoms with van der Waals surface area (Å²) in [7, 11) is 0. The van der Waals surface area contributed by atoms with E-state index in [0.717, 1.165) is 0 Å². The number of amides is 1. The number of ether oxygens (including phenoxy) is 1. The lowest BCUT2D eigenvalue weighted by atomic mass is 10.2. The molecule has 1 amide bonds. The van der Waals surface area contributed by atoms with E-state index >= 15 is 0 Å². The number of para-hydroxylation sites is 1. The molecule has 6 nitrogen and oxygen atoms in total. The van der Waals surface area contributed by atoms with Gasteiger partial charge in [-0.15, -0.1) is 0 Å². The molecule has 0 unspecified atom stereocenters. The fraction of sp³-hybridized carbons (Fsp3) is 0. The lowest BCUT2D eigenvalue weighted by molar-refractivity contribution is 0.0729. The van der Waals surface area contributed by atoms with Gasteiger partial charge in [0.05, 0.1) is 17.3 Å². The first-order chi connectivity index (χ1) is 13.5. The van der Waals surface area contributed by atoms with Crippen LogP contribution in [-0.4, -0.2) is 23.2 Å². The first-order valence-corrected chi connectivity index (χ1v) is 8.23. The molecule has 3 aromatic carbocycles. The lowest BCUT2D eigenvalue weighted by Gasteiger charge is -2.06. The van der Waals surface area contributed by atoms with E-state index in [0.29, 0.717) is 5.56 Å². The van der Waals surface area contributed by atoms with E-state index in [1.807, 2.05) is 0 Å². The summed E-state index contributed by atoms with van der Waals surface area (Å²) in [5.74, 6) is -2.02. The van der Waals surface area contributed by atoms with Gasteiger partial charge in [-0.2, -0.15) is 5.10 Å². The topological polar surface area (TPSA) is 88.0 Å². The number of halogens is 1. The maximum atomic E-state index is 13.7. The van der Waals surface area contributed by atoms with Gasteiger partial charge in [0.1, 0.15) is 17.3 Å². The Bertz CT molecular complexity index is 1050. The fourth-order valence-corrected chi connectivity index (χ4v) is 2.34. The molecule has 0 heterocycles. The van der Waals surface area contributed by atoms with Crippen LogP contribution < -0.4 is 10.2 Å². The highest BCUT2D eigenvalue weighted by Gasteiger charge is 2.13. The van der Waals surface area contributed by atoms with Crippen molar-refractivity contribution in [2.45, 2.75) is 0 Å². The average Bonchev–Trinajstić information content (AvgIpc) is 2.69. The van der Waals surface area contributed by atoms with Gasteiger partial charge in [0.25, 0.3) is 5.91 Å². The molecule has 0 radical (unpaired) electrons. The molecule has 3 aromatic rings. The van der Waals surface area contributed by atoms with E-state index in [2.05, 4.69) is 10.5 Å². The highest BCUT2D eigenvalue weighted by Crippen LogP contribution is 2.16. The van der Waals surface area contributed by atoms with Gasteiger partial charge in [-0.3, -0.25) is 4.79 Å². The number of nitrogens with zero attached hydrogens (tertiary/aromatic N) is 1. The molecule has 0 bridgehead atoms. The van der Waals surface area contributed by atoms with E-state index in [1.165, 1.54) is 54.7 Å². The molecule has 28 heavy (non-hydrogen) atoms. The van der Waals surface area contributed by atoms with Crippen molar-refractivity contribution in [1.29, 1.82) is 0 Å². The van der Waals surface area contributed by atoms with Crippen LogP contribution in [0.3, 0.4) is 0 Å². The quantitative estimate of drug-likeness (QED) is 0.308. The summed E-state index contributed by atoms with van der Waals surface area (Å²) < 4.78 is 18.8. The van der Waals surface area contributed by atoms with Gasteiger partial charge in [-0.25, -0.2) is 14.6 Å². The number of aromatic hydroxyl groups is 1. The summed E-state index contributed by atoms with van der Waals surface area (Å²) in [5, 5.41) is 13.5. The van der Waals surface area contributed by atoms with Gasteiger partial charge in [-0.05, 0) is 42.0 Å². The van der Waals surface area contributed by atoms with E-state index < -0.39 is 17.7 Å².